The molecule has 1 aliphatic rings. The van der Waals surface area contributed by atoms with Crippen LogP contribution in [0.3, 0.4) is 0 Å². The van der Waals surface area contributed by atoms with Crippen molar-refractivity contribution >= 4 is 36.4 Å². The molecule has 0 spiro atoms. The molecule has 156 valence electrons. The highest BCUT2D eigenvalue weighted by molar-refractivity contribution is 6.83. The lowest BCUT2D eigenvalue weighted by Crippen LogP contribution is -2.62. The van der Waals surface area contributed by atoms with Crippen LogP contribution in [0, 0.1) is 0 Å². The molecule has 1 fully saturated rings. The molecule has 0 aromatic carbocycles. The van der Waals surface area contributed by atoms with Crippen LogP contribution in [0.4, 0.5) is 0 Å². The van der Waals surface area contributed by atoms with E-state index in [-0.39, 0.29) is 0 Å². The third-order valence-corrected chi connectivity index (χ3v) is 19.6. The summed E-state index contributed by atoms with van der Waals surface area (Å²) in [6.07, 6.45) is 2.81. The summed E-state index contributed by atoms with van der Waals surface area (Å²) in [6.45, 7) is 20.6. The Hall–Kier alpha value is 0.668. The summed E-state index contributed by atoms with van der Waals surface area (Å²) >= 11 is 0. The van der Waals surface area contributed by atoms with Crippen LogP contribution in [-0.2, 0) is 21.2 Å². The van der Waals surface area contributed by atoms with Crippen LogP contribution in [0.5, 0.6) is 0 Å². The smallest absolute Gasteiger partial charge is 0.349 e. The summed E-state index contributed by atoms with van der Waals surface area (Å²) in [4.78, 5) is 0. The van der Waals surface area contributed by atoms with Crippen molar-refractivity contribution in [1.29, 1.82) is 0 Å². The van der Waals surface area contributed by atoms with Gasteiger partial charge in [0, 0.05) is 6.61 Å². The van der Waals surface area contributed by atoms with Crippen molar-refractivity contribution in [3.05, 3.63) is 0 Å². The molecule has 0 saturated carbocycles. The summed E-state index contributed by atoms with van der Waals surface area (Å²) in [6, 6.07) is 0. The summed E-state index contributed by atoms with van der Waals surface area (Å²) < 4.78 is 32.9. The van der Waals surface area contributed by atoms with Gasteiger partial charge in [-0.05, 0) is 28.6 Å². The van der Waals surface area contributed by atoms with Gasteiger partial charge in [0.25, 0.3) is 0 Å². The lowest BCUT2D eigenvalue weighted by molar-refractivity contribution is 0.132. The maximum absolute atomic E-state index is 6.84. The quantitative estimate of drug-likeness (QED) is 0.399. The molecule has 0 radical (unpaired) electrons. The molecule has 1 rings (SSSR count). The molecule has 0 aromatic heterocycles. The molecule has 26 heavy (non-hydrogen) atoms. The molecule has 0 bridgehead atoms. The SMILES string of the molecule is CCCCOC[Si]1(C(C)C)O[SiH](C(C)C)O[SiH](C(C)C)O[SiH](C(C)C)O1. The lowest BCUT2D eigenvalue weighted by atomic mass is 10.4. The Morgan fingerprint density at radius 1 is 0.769 bits per heavy atom. The molecular weight excluding hydrogens is 397 g/mol. The minimum absolute atomic E-state index is 0.316. The Bertz CT molecular complexity index is 375. The van der Waals surface area contributed by atoms with Crippen molar-refractivity contribution in [3.63, 3.8) is 0 Å². The van der Waals surface area contributed by atoms with E-state index >= 15 is 0 Å². The van der Waals surface area contributed by atoms with Crippen LogP contribution in [0.2, 0.25) is 22.2 Å². The molecule has 0 N–H and O–H groups in total. The van der Waals surface area contributed by atoms with Gasteiger partial charge < -0.3 is 21.2 Å². The van der Waals surface area contributed by atoms with Crippen LogP contribution in [0.15, 0.2) is 0 Å². The van der Waals surface area contributed by atoms with Crippen molar-refractivity contribution < 1.29 is 21.2 Å². The van der Waals surface area contributed by atoms with E-state index in [9.17, 15) is 0 Å². The van der Waals surface area contributed by atoms with Crippen LogP contribution >= 0.6 is 0 Å². The van der Waals surface area contributed by atoms with Crippen LogP contribution in [-0.4, -0.2) is 49.2 Å². The van der Waals surface area contributed by atoms with Crippen molar-refractivity contribution in [1.82, 2.24) is 0 Å². The second-order valence-electron chi connectivity index (χ2n) is 8.72. The largest absolute Gasteiger partial charge is 0.420 e. The molecule has 1 saturated heterocycles. The highest BCUT2D eigenvalue weighted by Gasteiger charge is 2.50. The fraction of sp³-hybridized carbons (Fsp3) is 1.00. The first kappa shape index (κ1) is 24.7. The number of unbranched alkanes of at least 4 members (excludes halogenated alkanes) is 1. The van der Waals surface area contributed by atoms with Crippen molar-refractivity contribution in [2.75, 3.05) is 12.8 Å². The number of hydrogen-bond acceptors (Lipinski definition) is 5. The molecule has 9 heteroatoms. The van der Waals surface area contributed by atoms with Crippen molar-refractivity contribution in [3.8, 4) is 0 Å². The number of rotatable bonds is 9. The maximum Gasteiger partial charge on any atom is 0.349 e. The van der Waals surface area contributed by atoms with Gasteiger partial charge in [0.1, 0.15) is 0 Å². The topological polar surface area (TPSA) is 46.2 Å². The van der Waals surface area contributed by atoms with E-state index in [2.05, 4.69) is 62.3 Å². The maximum atomic E-state index is 6.84. The molecule has 2 unspecified atom stereocenters. The van der Waals surface area contributed by atoms with E-state index in [1.165, 1.54) is 0 Å². The fourth-order valence-corrected chi connectivity index (χ4v) is 21.6. The zero-order valence-corrected chi connectivity index (χ0v) is 22.9. The van der Waals surface area contributed by atoms with Gasteiger partial charge >= 0.3 is 36.4 Å². The van der Waals surface area contributed by atoms with E-state index in [0.29, 0.717) is 28.4 Å². The molecule has 2 atom stereocenters. The Kier molecular flexibility index (Phi) is 11.0. The Labute approximate surface area is 167 Å². The van der Waals surface area contributed by atoms with Gasteiger partial charge in [0.15, 0.2) is 0 Å². The summed E-state index contributed by atoms with van der Waals surface area (Å²) in [5, 5.41) is 0. The monoisotopic (exact) mass is 438 g/mol. The molecule has 1 heterocycles. The Balaban J connectivity index is 3.11. The molecule has 0 aliphatic carbocycles. The first-order chi connectivity index (χ1) is 12.1. The molecule has 0 amide bonds. The van der Waals surface area contributed by atoms with E-state index in [1.54, 1.807) is 0 Å². The average molecular weight is 439 g/mol. The number of ether oxygens (including phenoxy) is 1. The zero-order valence-electron chi connectivity index (χ0n) is 18.4. The fourth-order valence-electron chi connectivity index (χ4n) is 2.64. The second kappa shape index (κ2) is 11.6. The van der Waals surface area contributed by atoms with Gasteiger partial charge in [-0.2, -0.15) is 0 Å². The minimum Gasteiger partial charge on any atom is -0.420 e. The van der Waals surface area contributed by atoms with E-state index in [1.807, 2.05) is 0 Å². The Morgan fingerprint density at radius 3 is 1.58 bits per heavy atom. The molecular formula is C17H42O5Si4. The lowest BCUT2D eigenvalue weighted by Gasteiger charge is -2.45. The molecule has 5 nitrogen and oxygen atoms in total. The first-order valence-corrected chi connectivity index (χ1v) is 17.3. The van der Waals surface area contributed by atoms with Gasteiger partial charge in [0.05, 0.1) is 6.23 Å². The van der Waals surface area contributed by atoms with Crippen LogP contribution < -0.4 is 0 Å². The van der Waals surface area contributed by atoms with E-state index in [4.69, 9.17) is 21.2 Å². The van der Waals surface area contributed by atoms with Crippen molar-refractivity contribution in [2.24, 2.45) is 0 Å². The second-order valence-corrected chi connectivity index (χ2v) is 22.1. The normalized spacial score (nSPS) is 31.0. The van der Waals surface area contributed by atoms with Gasteiger partial charge in [-0.1, -0.05) is 68.7 Å². The van der Waals surface area contributed by atoms with Crippen molar-refractivity contribution in [2.45, 2.75) is 97.3 Å². The highest BCUT2D eigenvalue weighted by atomic mass is 28.5. The third kappa shape index (κ3) is 7.25. The van der Waals surface area contributed by atoms with Crippen LogP contribution in [0.1, 0.15) is 75.2 Å². The minimum atomic E-state index is -2.54. The summed E-state index contributed by atoms with van der Waals surface area (Å²) in [5.41, 5.74) is 1.54. The first-order valence-electron chi connectivity index (χ1n) is 10.4. The standard InChI is InChI=1S/C17H42O5Si4/c1-10-11-12-18-13-26(17(8)9)21-24(15(4)5)19-23(14(2)3)20-25(22-26)16(6)7/h14-17,23-25H,10-13H2,1-9H3. The zero-order chi connectivity index (χ0) is 19.9. The third-order valence-electron chi connectivity index (χ3n) is 4.63. The van der Waals surface area contributed by atoms with Gasteiger partial charge in [-0.15, -0.1) is 0 Å². The van der Waals surface area contributed by atoms with Crippen LogP contribution in [0.25, 0.3) is 0 Å². The summed E-state index contributed by atoms with van der Waals surface area (Å²) in [5.74, 6) is 0. The summed E-state index contributed by atoms with van der Waals surface area (Å²) in [7, 11) is -8.05. The Morgan fingerprint density at radius 2 is 1.23 bits per heavy atom. The van der Waals surface area contributed by atoms with E-state index < -0.39 is 36.4 Å². The van der Waals surface area contributed by atoms with E-state index in [0.717, 1.165) is 19.4 Å². The molecule has 0 aromatic rings. The predicted octanol–water partition coefficient (Wildman–Crippen LogP) is 4.17. The number of hydrogen-bond donors (Lipinski definition) is 0. The van der Waals surface area contributed by atoms with Gasteiger partial charge in [-0.3, -0.25) is 0 Å². The predicted molar refractivity (Wildman–Crippen MR) is 118 cm³/mol. The average Bonchev–Trinajstić information content (AvgIpc) is 2.52. The highest BCUT2D eigenvalue weighted by Crippen LogP contribution is 2.34. The van der Waals surface area contributed by atoms with Gasteiger partial charge in [-0.25, -0.2) is 0 Å². The molecule has 1 aliphatic heterocycles. The van der Waals surface area contributed by atoms with Gasteiger partial charge in [0.2, 0.25) is 0 Å².